The molecule has 1 aromatic carbocycles. The fourth-order valence-electron chi connectivity index (χ4n) is 3.58. The van der Waals surface area contributed by atoms with E-state index < -0.39 is 6.36 Å². The standard InChI is InChI=1S/C21H28F3N5O/c1-14-11-19(29(2)3)28-20(26-14)27-17-9-7-16(8-10-17)25-13-15-5-4-6-18(12-15)30-21(22,23)24/h4-6,11-12,16-17,25H,7-10,13H2,1-3H3,(H,26,27,28). The van der Waals surface area contributed by atoms with Crippen molar-refractivity contribution in [1.29, 1.82) is 0 Å². The number of hydrogen-bond donors (Lipinski definition) is 2. The van der Waals surface area contributed by atoms with Gasteiger partial charge in [0.1, 0.15) is 11.6 Å². The number of nitrogens with zero attached hydrogens (tertiary/aromatic N) is 3. The zero-order valence-corrected chi connectivity index (χ0v) is 17.5. The first-order chi connectivity index (χ1) is 14.2. The Kier molecular flexibility index (Phi) is 7.02. The van der Waals surface area contributed by atoms with Gasteiger partial charge in [0.25, 0.3) is 0 Å². The molecule has 1 fully saturated rings. The Morgan fingerprint density at radius 2 is 1.77 bits per heavy atom. The lowest BCUT2D eigenvalue weighted by Gasteiger charge is -2.30. The number of ether oxygens (including phenoxy) is 1. The topological polar surface area (TPSA) is 62.3 Å². The number of alkyl halides is 3. The summed E-state index contributed by atoms with van der Waals surface area (Å²) in [6, 6.07) is 8.67. The summed E-state index contributed by atoms with van der Waals surface area (Å²) in [5.41, 5.74) is 1.68. The molecular formula is C21H28F3N5O. The first kappa shape index (κ1) is 22.1. The van der Waals surface area contributed by atoms with Gasteiger partial charge in [0, 0.05) is 44.5 Å². The quantitative estimate of drug-likeness (QED) is 0.694. The molecule has 164 valence electrons. The maximum absolute atomic E-state index is 12.4. The number of hydrogen-bond acceptors (Lipinski definition) is 6. The molecule has 0 atom stereocenters. The molecule has 0 aliphatic heterocycles. The van der Waals surface area contributed by atoms with Crippen molar-refractivity contribution in [1.82, 2.24) is 15.3 Å². The molecular weight excluding hydrogens is 395 g/mol. The molecule has 0 unspecified atom stereocenters. The van der Waals surface area contributed by atoms with E-state index in [2.05, 4.69) is 25.3 Å². The number of anilines is 2. The van der Waals surface area contributed by atoms with Crippen LogP contribution in [0.25, 0.3) is 0 Å². The van der Waals surface area contributed by atoms with Crippen molar-refractivity contribution in [2.75, 3.05) is 24.3 Å². The third kappa shape index (κ3) is 6.76. The van der Waals surface area contributed by atoms with E-state index in [1.54, 1.807) is 12.1 Å². The Bertz CT molecular complexity index is 836. The van der Waals surface area contributed by atoms with E-state index in [1.165, 1.54) is 12.1 Å². The first-order valence-electron chi connectivity index (χ1n) is 10.1. The van der Waals surface area contributed by atoms with Gasteiger partial charge in [-0.3, -0.25) is 0 Å². The highest BCUT2D eigenvalue weighted by atomic mass is 19.4. The van der Waals surface area contributed by atoms with E-state index >= 15 is 0 Å². The fraction of sp³-hybridized carbons (Fsp3) is 0.524. The molecule has 3 rings (SSSR count). The third-order valence-corrected chi connectivity index (χ3v) is 5.09. The van der Waals surface area contributed by atoms with E-state index in [4.69, 9.17) is 0 Å². The second-order valence-corrected chi connectivity index (χ2v) is 7.85. The molecule has 0 saturated heterocycles. The lowest BCUT2D eigenvalue weighted by Crippen LogP contribution is -2.37. The first-order valence-corrected chi connectivity index (χ1v) is 10.1. The molecule has 1 aliphatic carbocycles. The molecule has 0 bridgehead atoms. The monoisotopic (exact) mass is 423 g/mol. The van der Waals surface area contributed by atoms with Gasteiger partial charge in [0.15, 0.2) is 0 Å². The SMILES string of the molecule is Cc1cc(N(C)C)nc(NC2CCC(NCc3cccc(OC(F)(F)F)c3)CC2)n1. The van der Waals surface area contributed by atoms with Crippen LogP contribution < -0.4 is 20.3 Å². The normalized spacial score (nSPS) is 19.4. The van der Waals surface area contributed by atoms with Crippen LogP contribution in [0.5, 0.6) is 5.75 Å². The number of nitrogens with one attached hydrogen (secondary N) is 2. The van der Waals surface area contributed by atoms with E-state index in [-0.39, 0.29) is 5.75 Å². The fourth-order valence-corrected chi connectivity index (χ4v) is 3.58. The number of halogens is 3. The zero-order chi connectivity index (χ0) is 21.7. The Labute approximate surface area is 174 Å². The lowest BCUT2D eigenvalue weighted by molar-refractivity contribution is -0.274. The largest absolute Gasteiger partial charge is 0.573 e. The van der Waals surface area contributed by atoms with Gasteiger partial charge in [-0.1, -0.05) is 12.1 Å². The summed E-state index contributed by atoms with van der Waals surface area (Å²) in [5.74, 6) is 1.33. The number of aryl methyl sites for hydroxylation is 1. The van der Waals surface area contributed by atoms with Crippen molar-refractivity contribution >= 4 is 11.8 Å². The smallest absolute Gasteiger partial charge is 0.406 e. The van der Waals surface area contributed by atoms with Gasteiger partial charge >= 0.3 is 6.36 Å². The van der Waals surface area contributed by atoms with E-state index in [9.17, 15) is 13.2 Å². The van der Waals surface area contributed by atoms with Crippen LogP contribution in [0.3, 0.4) is 0 Å². The second kappa shape index (κ2) is 9.51. The van der Waals surface area contributed by atoms with Gasteiger partial charge in [0.05, 0.1) is 0 Å². The predicted molar refractivity (Wildman–Crippen MR) is 111 cm³/mol. The molecule has 30 heavy (non-hydrogen) atoms. The van der Waals surface area contributed by atoms with Crippen molar-refractivity contribution in [3.63, 3.8) is 0 Å². The van der Waals surface area contributed by atoms with Gasteiger partial charge in [-0.15, -0.1) is 13.2 Å². The summed E-state index contributed by atoms with van der Waals surface area (Å²) in [5, 5.41) is 6.88. The van der Waals surface area contributed by atoms with E-state index in [0.29, 0.717) is 24.6 Å². The van der Waals surface area contributed by atoms with E-state index in [0.717, 1.165) is 42.8 Å². The average molecular weight is 423 g/mol. The predicted octanol–water partition coefficient (Wildman–Crippen LogP) is 4.26. The van der Waals surface area contributed by atoms with Crippen molar-refractivity contribution < 1.29 is 17.9 Å². The summed E-state index contributed by atoms with van der Waals surface area (Å²) in [4.78, 5) is 11.0. The average Bonchev–Trinajstić information content (AvgIpc) is 2.66. The summed E-state index contributed by atoms with van der Waals surface area (Å²) >= 11 is 0. The zero-order valence-electron chi connectivity index (χ0n) is 17.5. The summed E-state index contributed by atoms with van der Waals surface area (Å²) < 4.78 is 41.1. The molecule has 2 aromatic rings. The van der Waals surface area contributed by atoms with Gasteiger partial charge in [-0.2, -0.15) is 4.98 Å². The Hall–Kier alpha value is -2.55. The lowest BCUT2D eigenvalue weighted by atomic mass is 9.91. The minimum absolute atomic E-state index is 0.190. The Morgan fingerprint density at radius 1 is 1.07 bits per heavy atom. The van der Waals surface area contributed by atoms with Crippen LogP contribution in [0.1, 0.15) is 36.9 Å². The molecule has 6 nitrogen and oxygen atoms in total. The Balaban J connectivity index is 1.47. The van der Waals surface area contributed by atoms with Crippen molar-refractivity contribution in [3.8, 4) is 5.75 Å². The van der Waals surface area contributed by atoms with Crippen LogP contribution in [-0.2, 0) is 6.54 Å². The molecule has 0 amide bonds. The Morgan fingerprint density at radius 3 is 2.43 bits per heavy atom. The van der Waals surface area contributed by atoms with Crippen LogP contribution in [0.2, 0.25) is 0 Å². The second-order valence-electron chi connectivity index (χ2n) is 7.85. The molecule has 1 aromatic heterocycles. The number of benzene rings is 1. The van der Waals surface area contributed by atoms with Crippen LogP contribution in [0, 0.1) is 6.92 Å². The molecule has 1 saturated carbocycles. The highest BCUT2D eigenvalue weighted by Crippen LogP contribution is 2.25. The molecule has 2 N–H and O–H groups in total. The molecule has 0 spiro atoms. The maximum atomic E-state index is 12.4. The van der Waals surface area contributed by atoms with Gasteiger partial charge < -0.3 is 20.3 Å². The van der Waals surface area contributed by atoms with Gasteiger partial charge in [0.2, 0.25) is 5.95 Å². The third-order valence-electron chi connectivity index (χ3n) is 5.09. The number of aromatic nitrogens is 2. The van der Waals surface area contributed by atoms with Crippen LogP contribution in [0.15, 0.2) is 30.3 Å². The van der Waals surface area contributed by atoms with Crippen LogP contribution in [-0.4, -0.2) is 42.5 Å². The number of rotatable bonds is 7. The summed E-state index contributed by atoms with van der Waals surface area (Å²) in [6.45, 7) is 2.46. The molecule has 1 heterocycles. The van der Waals surface area contributed by atoms with Crippen molar-refractivity contribution in [2.24, 2.45) is 0 Å². The minimum Gasteiger partial charge on any atom is -0.406 e. The van der Waals surface area contributed by atoms with Crippen molar-refractivity contribution in [2.45, 2.75) is 57.6 Å². The molecule has 9 heteroatoms. The van der Waals surface area contributed by atoms with Gasteiger partial charge in [-0.25, -0.2) is 4.98 Å². The van der Waals surface area contributed by atoms with Gasteiger partial charge in [-0.05, 0) is 50.3 Å². The van der Waals surface area contributed by atoms with E-state index in [1.807, 2.05) is 32.0 Å². The highest BCUT2D eigenvalue weighted by Gasteiger charge is 2.31. The summed E-state index contributed by atoms with van der Waals surface area (Å²) in [6.07, 6.45) is -0.774. The van der Waals surface area contributed by atoms with Crippen LogP contribution >= 0.6 is 0 Å². The summed E-state index contributed by atoms with van der Waals surface area (Å²) in [7, 11) is 3.90. The maximum Gasteiger partial charge on any atom is 0.573 e. The minimum atomic E-state index is -4.67. The highest BCUT2D eigenvalue weighted by molar-refractivity contribution is 5.43. The molecule has 1 aliphatic rings. The van der Waals surface area contributed by atoms with Crippen LogP contribution in [0.4, 0.5) is 24.9 Å². The molecule has 0 radical (unpaired) electrons. The van der Waals surface area contributed by atoms with Crippen molar-refractivity contribution in [3.05, 3.63) is 41.6 Å².